The third kappa shape index (κ3) is 5.26. The molecule has 5 rings (SSSR count). The Morgan fingerprint density at radius 2 is 2.22 bits per heavy atom. The van der Waals surface area contributed by atoms with E-state index in [9.17, 15) is 9.18 Å². The number of nitrogens with one attached hydrogen (secondary N) is 3. The summed E-state index contributed by atoms with van der Waals surface area (Å²) in [5, 5.41) is 6.16. The van der Waals surface area contributed by atoms with Crippen molar-refractivity contribution in [2.75, 3.05) is 51.8 Å². The van der Waals surface area contributed by atoms with E-state index in [4.69, 9.17) is 14.2 Å². The van der Waals surface area contributed by atoms with Crippen LogP contribution in [0.4, 0.5) is 15.8 Å². The van der Waals surface area contributed by atoms with Gasteiger partial charge in [0.05, 0.1) is 42.5 Å². The van der Waals surface area contributed by atoms with Crippen molar-refractivity contribution in [1.29, 1.82) is 0 Å². The zero-order valence-corrected chi connectivity index (χ0v) is 21.1. The Morgan fingerprint density at radius 1 is 1.32 bits per heavy atom. The SMILES string of the molecule is CCCN1CCO[C@H](COc2cnccc2-c2[nH]c3c(c2Nc2cccc(F)c2OC)C(=O)NCC3)C1. The smallest absolute Gasteiger partial charge is 0.255 e. The van der Waals surface area contributed by atoms with Gasteiger partial charge in [-0.25, -0.2) is 4.39 Å². The zero-order chi connectivity index (χ0) is 25.8. The van der Waals surface area contributed by atoms with Crippen molar-refractivity contribution in [1.82, 2.24) is 20.2 Å². The summed E-state index contributed by atoms with van der Waals surface area (Å²) in [5.74, 6) is -0.0749. The maximum absolute atomic E-state index is 14.4. The van der Waals surface area contributed by atoms with Crippen LogP contribution in [0.1, 0.15) is 29.4 Å². The number of hydrogen-bond donors (Lipinski definition) is 3. The number of morpholine rings is 1. The predicted octanol–water partition coefficient (Wildman–Crippen LogP) is 3.74. The first-order chi connectivity index (χ1) is 18.1. The number of fused-ring (bicyclic) bond motifs is 1. The van der Waals surface area contributed by atoms with E-state index in [0.717, 1.165) is 37.3 Å². The number of benzene rings is 1. The number of nitrogens with zero attached hydrogens (tertiary/aromatic N) is 2. The third-order valence-electron chi connectivity index (χ3n) is 6.64. The molecule has 0 aliphatic carbocycles. The fourth-order valence-corrected chi connectivity index (χ4v) is 4.94. The van der Waals surface area contributed by atoms with Crippen LogP contribution in [-0.2, 0) is 11.2 Å². The molecule has 1 fully saturated rings. The average molecular weight is 510 g/mol. The topological polar surface area (TPSA) is 101 Å². The summed E-state index contributed by atoms with van der Waals surface area (Å²) in [7, 11) is 1.41. The number of pyridine rings is 1. The molecule has 10 heteroatoms. The Kier molecular flexibility index (Phi) is 7.57. The van der Waals surface area contributed by atoms with Crippen LogP contribution in [0, 0.1) is 5.82 Å². The molecule has 1 aromatic carbocycles. The molecule has 3 N–H and O–H groups in total. The Hall–Kier alpha value is -3.63. The van der Waals surface area contributed by atoms with Gasteiger partial charge < -0.3 is 29.8 Å². The van der Waals surface area contributed by atoms with Crippen LogP contribution >= 0.6 is 0 Å². The van der Waals surface area contributed by atoms with E-state index < -0.39 is 5.82 Å². The molecule has 2 aliphatic heterocycles. The number of carbonyl (C=O) groups is 1. The minimum atomic E-state index is -0.500. The standard InChI is InChI=1S/C27H32FN5O4/c1-3-11-33-12-13-36-17(15-33)16-37-22-14-29-9-7-18(22)24-25(23-20(31-24)8-10-30-27(23)34)32-21-6-4-5-19(28)26(21)35-2/h4-7,9,14,17,31-32H,3,8,10-13,15-16H2,1-2H3,(H,30,34)/t17-/m0/s1. The lowest BCUT2D eigenvalue weighted by Crippen LogP contribution is -2.45. The van der Waals surface area contributed by atoms with Gasteiger partial charge in [0, 0.05) is 43.5 Å². The highest BCUT2D eigenvalue weighted by molar-refractivity contribution is 6.06. The van der Waals surface area contributed by atoms with Crippen molar-refractivity contribution in [3.8, 4) is 22.8 Å². The first kappa shape index (κ1) is 25.0. The van der Waals surface area contributed by atoms with Crippen molar-refractivity contribution in [2.24, 2.45) is 0 Å². The van der Waals surface area contributed by atoms with E-state index in [2.05, 4.69) is 32.4 Å². The molecule has 9 nitrogen and oxygen atoms in total. The Morgan fingerprint density at radius 3 is 3.05 bits per heavy atom. The highest BCUT2D eigenvalue weighted by Gasteiger charge is 2.29. The molecule has 196 valence electrons. The summed E-state index contributed by atoms with van der Waals surface area (Å²) in [6.07, 6.45) is 5.02. The second kappa shape index (κ2) is 11.2. The minimum absolute atomic E-state index is 0.0508. The number of amides is 1. The van der Waals surface area contributed by atoms with Crippen molar-refractivity contribution in [3.63, 3.8) is 0 Å². The highest BCUT2D eigenvalue weighted by Crippen LogP contribution is 2.42. The van der Waals surface area contributed by atoms with Gasteiger partial charge >= 0.3 is 0 Å². The van der Waals surface area contributed by atoms with Gasteiger partial charge in [0.25, 0.3) is 5.91 Å². The fraction of sp³-hybridized carbons (Fsp3) is 0.407. The first-order valence-corrected chi connectivity index (χ1v) is 12.6. The molecule has 37 heavy (non-hydrogen) atoms. The minimum Gasteiger partial charge on any atom is -0.492 e. The second-order valence-electron chi connectivity index (χ2n) is 9.16. The Labute approximate surface area is 215 Å². The molecular weight excluding hydrogens is 477 g/mol. The number of methoxy groups -OCH3 is 1. The van der Waals surface area contributed by atoms with E-state index in [0.29, 0.717) is 54.6 Å². The summed E-state index contributed by atoms with van der Waals surface area (Å²) in [5.41, 5.74) is 3.60. The van der Waals surface area contributed by atoms with Crippen LogP contribution in [-0.4, -0.2) is 73.4 Å². The number of anilines is 2. The van der Waals surface area contributed by atoms with Gasteiger partial charge in [-0.15, -0.1) is 0 Å². The number of rotatable bonds is 9. The van der Waals surface area contributed by atoms with E-state index in [-0.39, 0.29) is 17.8 Å². The number of halogens is 1. The Balaban J connectivity index is 1.49. The van der Waals surface area contributed by atoms with Crippen molar-refractivity contribution >= 4 is 17.3 Å². The number of carbonyl (C=O) groups excluding carboxylic acids is 1. The molecule has 2 aliphatic rings. The molecule has 1 atom stereocenters. The van der Waals surface area contributed by atoms with Gasteiger partial charge in [-0.1, -0.05) is 13.0 Å². The lowest BCUT2D eigenvalue weighted by molar-refractivity contribution is -0.0477. The van der Waals surface area contributed by atoms with E-state index in [1.165, 1.54) is 13.2 Å². The van der Waals surface area contributed by atoms with E-state index >= 15 is 0 Å². The van der Waals surface area contributed by atoms with Gasteiger partial charge in [-0.3, -0.25) is 14.7 Å². The number of para-hydroxylation sites is 1. The van der Waals surface area contributed by atoms with Gasteiger partial charge in [0.15, 0.2) is 11.6 Å². The third-order valence-corrected chi connectivity index (χ3v) is 6.64. The number of hydrogen-bond acceptors (Lipinski definition) is 7. The fourth-order valence-electron chi connectivity index (χ4n) is 4.94. The highest BCUT2D eigenvalue weighted by atomic mass is 19.1. The predicted molar refractivity (Wildman–Crippen MR) is 138 cm³/mol. The summed E-state index contributed by atoms with van der Waals surface area (Å²) in [6.45, 7) is 6.53. The first-order valence-electron chi connectivity index (χ1n) is 12.6. The van der Waals surface area contributed by atoms with Crippen LogP contribution in [0.5, 0.6) is 11.5 Å². The molecular formula is C27H32FN5O4. The number of aromatic amines is 1. The lowest BCUT2D eigenvalue weighted by atomic mass is 10.0. The number of H-pyrrole nitrogens is 1. The molecule has 0 spiro atoms. The number of ether oxygens (including phenoxy) is 3. The van der Waals surface area contributed by atoms with Crippen molar-refractivity contribution < 1.29 is 23.4 Å². The quantitative estimate of drug-likeness (QED) is 0.404. The summed E-state index contributed by atoms with van der Waals surface area (Å²) in [6, 6.07) is 6.46. The summed E-state index contributed by atoms with van der Waals surface area (Å²) in [4.78, 5) is 23.0. The van der Waals surface area contributed by atoms with Crippen molar-refractivity contribution in [2.45, 2.75) is 25.9 Å². The van der Waals surface area contributed by atoms with Gasteiger partial charge in [-0.05, 0) is 31.2 Å². The van der Waals surface area contributed by atoms with E-state index in [1.54, 1.807) is 24.5 Å². The molecule has 3 aromatic rings. The van der Waals surface area contributed by atoms with Crippen LogP contribution in [0.3, 0.4) is 0 Å². The normalized spacial score (nSPS) is 17.7. The molecule has 0 radical (unpaired) electrons. The monoisotopic (exact) mass is 509 g/mol. The van der Waals surface area contributed by atoms with Gasteiger partial charge in [0.2, 0.25) is 0 Å². The Bertz CT molecular complexity index is 1260. The van der Waals surface area contributed by atoms with Gasteiger partial charge in [0.1, 0.15) is 18.5 Å². The molecule has 4 heterocycles. The molecule has 2 aromatic heterocycles. The zero-order valence-electron chi connectivity index (χ0n) is 21.1. The van der Waals surface area contributed by atoms with Crippen LogP contribution in [0.25, 0.3) is 11.3 Å². The summed E-state index contributed by atoms with van der Waals surface area (Å²) >= 11 is 0. The second-order valence-corrected chi connectivity index (χ2v) is 9.16. The maximum atomic E-state index is 14.4. The van der Waals surface area contributed by atoms with Crippen LogP contribution in [0.15, 0.2) is 36.7 Å². The van der Waals surface area contributed by atoms with Crippen LogP contribution < -0.4 is 20.1 Å². The average Bonchev–Trinajstić information content (AvgIpc) is 3.27. The van der Waals surface area contributed by atoms with Gasteiger partial charge in [-0.2, -0.15) is 0 Å². The maximum Gasteiger partial charge on any atom is 0.255 e. The van der Waals surface area contributed by atoms with E-state index in [1.807, 2.05) is 6.07 Å². The lowest BCUT2D eigenvalue weighted by Gasteiger charge is -2.32. The molecule has 0 unspecified atom stereocenters. The molecule has 0 saturated carbocycles. The summed E-state index contributed by atoms with van der Waals surface area (Å²) < 4.78 is 31.9. The number of aromatic nitrogens is 2. The molecule has 0 bridgehead atoms. The van der Waals surface area contributed by atoms with Crippen molar-refractivity contribution in [3.05, 3.63) is 53.7 Å². The molecule has 1 saturated heterocycles. The largest absolute Gasteiger partial charge is 0.492 e. The molecule has 1 amide bonds. The van der Waals surface area contributed by atoms with Crippen LogP contribution in [0.2, 0.25) is 0 Å².